The van der Waals surface area contributed by atoms with Crippen LogP contribution in [0.15, 0.2) is 18.2 Å². The molecule has 0 amide bonds. The number of cyclic esters (lactones) is 1. The molecule has 14 heteroatoms. The Labute approximate surface area is 203 Å². The first-order chi connectivity index (χ1) is 17.0. The van der Waals surface area contributed by atoms with Gasteiger partial charge in [-0.05, 0) is 31.2 Å². The summed E-state index contributed by atoms with van der Waals surface area (Å²) in [4.78, 5) is 14.9. The van der Waals surface area contributed by atoms with E-state index in [4.69, 9.17) is 23.7 Å². The second-order valence-electron chi connectivity index (χ2n) is 8.26. The molecule has 2 aromatic carbocycles. The predicted octanol–water partition coefficient (Wildman–Crippen LogP) is 3.10. The van der Waals surface area contributed by atoms with E-state index in [0.29, 0.717) is 35.8 Å². The van der Waals surface area contributed by atoms with Crippen molar-refractivity contribution in [2.45, 2.75) is 24.1 Å². The number of methoxy groups -OCH3 is 2. The number of nitrogens with zero attached hydrogens (tertiary/aromatic N) is 1. The first-order valence-electron chi connectivity index (χ1n) is 10.6. The van der Waals surface area contributed by atoms with Gasteiger partial charge in [0.1, 0.15) is 11.7 Å². The highest BCUT2D eigenvalue weighted by molar-refractivity contribution is 7.88. The third kappa shape index (κ3) is 3.58. The van der Waals surface area contributed by atoms with Crippen molar-refractivity contribution >= 4 is 16.1 Å². The highest BCUT2D eigenvalue weighted by atomic mass is 32.2. The molecule has 3 heterocycles. The zero-order chi connectivity index (χ0) is 26.0. The van der Waals surface area contributed by atoms with Crippen molar-refractivity contribution < 1.29 is 54.3 Å². The number of halogens is 3. The Morgan fingerprint density at radius 2 is 1.86 bits per heavy atom. The fraction of sp³-hybridized carbons (Fsp3) is 0.409. The van der Waals surface area contributed by atoms with E-state index in [1.54, 1.807) is 7.05 Å². The Morgan fingerprint density at radius 1 is 1.11 bits per heavy atom. The number of carbonyl (C=O) groups is 1. The summed E-state index contributed by atoms with van der Waals surface area (Å²) >= 11 is 0. The summed E-state index contributed by atoms with van der Waals surface area (Å²) in [6, 6.07) is 3.81. The lowest BCUT2D eigenvalue weighted by Gasteiger charge is -2.38. The monoisotopic (exact) mass is 531 g/mol. The van der Waals surface area contributed by atoms with Gasteiger partial charge in [-0.15, -0.1) is 0 Å². The van der Waals surface area contributed by atoms with Crippen LogP contribution in [0.25, 0.3) is 0 Å². The number of esters is 1. The average molecular weight is 531 g/mol. The molecule has 10 nitrogen and oxygen atoms in total. The van der Waals surface area contributed by atoms with Gasteiger partial charge in [0.05, 0.1) is 20.3 Å². The van der Waals surface area contributed by atoms with Gasteiger partial charge in [0.15, 0.2) is 23.0 Å². The highest BCUT2D eigenvalue weighted by Crippen LogP contribution is 2.55. The zero-order valence-electron chi connectivity index (χ0n) is 19.2. The van der Waals surface area contributed by atoms with Crippen molar-refractivity contribution in [1.29, 1.82) is 0 Å². The number of rotatable bonds is 5. The number of ether oxygens (including phenoxy) is 5. The Balaban J connectivity index is 1.66. The van der Waals surface area contributed by atoms with Crippen LogP contribution in [0.2, 0.25) is 0 Å². The van der Waals surface area contributed by atoms with Gasteiger partial charge in [0.25, 0.3) is 0 Å². The topological polar surface area (TPSA) is 110 Å². The van der Waals surface area contributed by atoms with Gasteiger partial charge >= 0.3 is 21.6 Å². The molecule has 0 unspecified atom stereocenters. The smallest absolute Gasteiger partial charge is 0.493 e. The van der Waals surface area contributed by atoms with Crippen LogP contribution in [-0.2, 0) is 21.3 Å². The summed E-state index contributed by atoms with van der Waals surface area (Å²) in [6.07, 6.45) is -0.420. The van der Waals surface area contributed by atoms with Crippen LogP contribution in [0.5, 0.6) is 28.7 Å². The van der Waals surface area contributed by atoms with Crippen molar-refractivity contribution in [3.05, 3.63) is 40.5 Å². The van der Waals surface area contributed by atoms with Gasteiger partial charge in [-0.3, -0.25) is 4.90 Å². The van der Waals surface area contributed by atoms with Crippen LogP contribution in [0.3, 0.4) is 0 Å². The fourth-order valence-corrected chi connectivity index (χ4v) is 5.23. The second-order valence-corrected chi connectivity index (χ2v) is 9.80. The number of fused-ring (bicyclic) bond motifs is 3. The molecule has 0 aliphatic carbocycles. The molecule has 0 fully saturated rings. The molecule has 0 N–H and O–H groups in total. The summed E-state index contributed by atoms with van der Waals surface area (Å²) in [5, 5.41) is 0. The Bertz CT molecular complexity index is 1360. The van der Waals surface area contributed by atoms with Crippen LogP contribution in [0.1, 0.15) is 39.2 Å². The van der Waals surface area contributed by atoms with E-state index in [1.165, 1.54) is 19.2 Å². The van der Waals surface area contributed by atoms with Crippen LogP contribution < -0.4 is 23.1 Å². The average Bonchev–Trinajstić information content (AvgIpc) is 3.41. The van der Waals surface area contributed by atoms with Crippen molar-refractivity contribution in [1.82, 2.24) is 4.90 Å². The van der Waals surface area contributed by atoms with Crippen molar-refractivity contribution in [2.75, 3.05) is 34.6 Å². The Morgan fingerprint density at radius 3 is 2.53 bits per heavy atom. The highest BCUT2D eigenvalue weighted by Gasteiger charge is 2.51. The molecule has 5 rings (SSSR count). The Hall–Kier alpha value is -3.39. The molecule has 2 atom stereocenters. The lowest BCUT2D eigenvalue weighted by Crippen LogP contribution is -2.36. The van der Waals surface area contributed by atoms with Gasteiger partial charge in [-0.2, -0.15) is 21.6 Å². The maximum Gasteiger partial charge on any atom is 0.534 e. The molecule has 0 spiro atoms. The van der Waals surface area contributed by atoms with Gasteiger partial charge in [0, 0.05) is 17.7 Å². The van der Waals surface area contributed by atoms with E-state index in [9.17, 15) is 26.4 Å². The third-order valence-corrected chi connectivity index (χ3v) is 7.29. The van der Waals surface area contributed by atoms with E-state index < -0.39 is 45.1 Å². The van der Waals surface area contributed by atoms with Gasteiger partial charge in [-0.1, -0.05) is 6.07 Å². The molecule has 3 aliphatic rings. The largest absolute Gasteiger partial charge is 0.534 e. The Kier molecular flexibility index (Phi) is 5.63. The molecule has 0 aromatic heterocycles. The normalized spacial score (nSPS) is 21.0. The first-order valence-corrected chi connectivity index (χ1v) is 12.0. The number of hydrogen-bond acceptors (Lipinski definition) is 10. The number of carbonyl (C=O) groups excluding carboxylic acids is 1. The fourth-order valence-electron chi connectivity index (χ4n) is 4.75. The van der Waals surface area contributed by atoms with E-state index in [-0.39, 0.29) is 18.1 Å². The molecule has 0 saturated carbocycles. The van der Waals surface area contributed by atoms with E-state index in [2.05, 4.69) is 4.18 Å². The molecule has 3 aliphatic heterocycles. The first kappa shape index (κ1) is 24.3. The standard InChI is InChI=1S/C22H20F3NO9S/c1-26-7-6-10-8-13-19(33-9-32-13)20(31-3)14(10)16(26)17-11-4-5-12(30-2)18(15(11)21(27)34-17)35-36(28,29)22(23,24)25/h4-5,8,16-17H,6-7,9H2,1-3H3/t16-,17+/m1/s1. The molecule has 0 saturated heterocycles. The predicted molar refractivity (Wildman–Crippen MR) is 115 cm³/mol. The van der Waals surface area contributed by atoms with Crippen molar-refractivity contribution in [3.63, 3.8) is 0 Å². The summed E-state index contributed by atoms with van der Waals surface area (Å²) in [5.74, 6) is -1.05. The van der Waals surface area contributed by atoms with Gasteiger partial charge in [-0.25, -0.2) is 4.79 Å². The van der Waals surface area contributed by atoms with Gasteiger partial charge < -0.3 is 27.9 Å². The molecular weight excluding hydrogens is 511 g/mol. The lowest BCUT2D eigenvalue weighted by atomic mass is 9.85. The zero-order valence-corrected chi connectivity index (χ0v) is 20.0. The van der Waals surface area contributed by atoms with Crippen molar-refractivity contribution in [3.8, 4) is 28.7 Å². The maximum absolute atomic E-state index is 13.1. The summed E-state index contributed by atoms with van der Waals surface area (Å²) < 4.78 is 94.5. The summed E-state index contributed by atoms with van der Waals surface area (Å²) in [5.41, 5.74) is -4.54. The molecule has 36 heavy (non-hydrogen) atoms. The summed E-state index contributed by atoms with van der Waals surface area (Å²) in [6.45, 7) is 0.552. The maximum atomic E-state index is 13.1. The number of likely N-dealkylation sites (N-methyl/N-ethyl adjacent to an activating group) is 1. The SMILES string of the molecule is COc1ccc2c(c1OS(=O)(=O)C(F)(F)F)C(=O)O[C@@H]2[C@H]1c2c(cc3c(c2OC)OCO3)CCN1C. The van der Waals surface area contributed by atoms with E-state index in [1.807, 2.05) is 11.0 Å². The number of hydrogen-bond donors (Lipinski definition) is 0. The minimum atomic E-state index is -6.10. The van der Waals surface area contributed by atoms with Crippen LogP contribution >= 0.6 is 0 Å². The molecule has 0 bridgehead atoms. The van der Waals surface area contributed by atoms with E-state index in [0.717, 1.165) is 12.7 Å². The minimum absolute atomic E-state index is 0.00448. The number of benzene rings is 2. The molecule has 194 valence electrons. The minimum Gasteiger partial charge on any atom is -0.493 e. The van der Waals surface area contributed by atoms with Gasteiger partial charge in [0.2, 0.25) is 12.5 Å². The lowest BCUT2D eigenvalue weighted by molar-refractivity contribution is -0.0501. The van der Waals surface area contributed by atoms with E-state index >= 15 is 0 Å². The molecule has 0 radical (unpaired) electrons. The molecule has 2 aromatic rings. The van der Waals surface area contributed by atoms with Crippen molar-refractivity contribution in [2.24, 2.45) is 0 Å². The molecular formula is C22H20F3NO9S. The van der Waals surface area contributed by atoms with Crippen LogP contribution in [0.4, 0.5) is 13.2 Å². The second kappa shape index (κ2) is 8.34. The third-order valence-electron chi connectivity index (χ3n) is 6.33. The quantitative estimate of drug-likeness (QED) is 0.324. The van der Waals surface area contributed by atoms with Crippen LogP contribution in [0, 0.1) is 0 Å². The summed E-state index contributed by atoms with van der Waals surface area (Å²) in [7, 11) is -1.75. The van der Waals surface area contributed by atoms with Crippen LogP contribution in [-0.4, -0.2) is 59.4 Å². The number of alkyl halides is 3.